The molecule has 0 fully saturated rings. The van der Waals surface area contributed by atoms with Gasteiger partial charge in [-0.15, -0.1) is 0 Å². The van der Waals surface area contributed by atoms with Crippen molar-refractivity contribution < 1.29 is 18.8 Å². The lowest BCUT2D eigenvalue weighted by Crippen LogP contribution is -2.63. The molecule has 0 aromatic rings. The minimum atomic E-state index is -0.905. The summed E-state index contributed by atoms with van der Waals surface area (Å²) in [6.45, 7) is 13.2. The highest BCUT2D eigenvalue weighted by atomic mass is 16.7. The van der Waals surface area contributed by atoms with Crippen LogP contribution in [0.4, 0.5) is 0 Å². The molecule has 0 heterocycles. The molecule has 0 aliphatic carbocycles. The minimum Gasteiger partial charge on any atom is -0.384 e. The lowest BCUT2D eigenvalue weighted by molar-refractivity contribution is -1.00. The highest BCUT2D eigenvalue weighted by Gasteiger charge is 2.47. The van der Waals surface area contributed by atoms with Gasteiger partial charge in [-0.1, -0.05) is 136 Å². The van der Waals surface area contributed by atoms with Gasteiger partial charge in [-0.25, -0.2) is 0 Å². The zero-order valence-corrected chi connectivity index (χ0v) is 26.3. The summed E-state index contributed by atoms with van der Waals surface area (Å²) in [5, 5.41) is 0. The number of nitrogens with zero attached hydrogens (tertiary/aromatic N) is 1. The number of carbonyl (C=O) groups is 1. The van der Waals surface area contributed by atoms with Crippen LogP contribution in [0.2, 0.25) is 0 Å². The van der Waals surface area contributed by atoms with E-state index in [0.717, 1.165) is 32.4 Å². The van der Waals surface area contributed by atoms with Crippen LogP contribution in [0.25, 0.3) is 0 Å². The number of ether oxygens (including phenoxy) is 2. The quantitative estimate of drug-likeness (QED) is 0.0440. The van der Waals surface area contributed by atoms with Gasteiger partial charge < -0.3 is 4.74 Å². The van der Waals surface area contributed by atoms with E-state index in [0.29, 0.717) is 17.5 Å². The number of esters is 1. The van der Waals surface area contributed by atoms with Crippen molar-refractivity contribution in [1.29, 1.82) is 0 Å². The molecular formula is C33H68NO3+. The Kier molecular flexibility index (Phi) is 24.0. The molecule has 4 nitrogen and oxygen atoms in total. The molecule has 0 aliphatic heterocycles. The molecule has 1 atom stereocenters. The summed E-state index contributed by atoms with van der Waals surface area (Å²) in [6.07, 6.45) is 27.7. The summed E-state index contributed by atoms with van der Waals surface area (Å²) in [4.78, 5) is 12.8. The molecule has 0 aromatic carbocycles. The SMILES string of the molecule is CCCCCCCCCCCCCCOC(C)(OC(=O)CCCCCCCCCCC)[N+](C)(CC)CC. The standard InChI is InChI=1S/C33H68NO3/c1-7-11-13-15-17-19-20-21-23-25-27-29-31-36-33(5,34(6,9-3)10-4)37-32(35)30-28-26-24-22-18-16-14-12-8-2/h7-31H2,1-6H3/q+1. The first-order valence-electron chi connectivity index (χ1n) is 16.6. The van der Waals surface area contributed by atoms with Gasteiger partial charge >= 0.3 is 11.9 Å². The molecule has 0 spiro atoms. The fraction of sp³-hybridized carbons (Fsp3) is 0.970. The molecule has 37 heavy (non-hydrogen) atoms. The molecule has 0 amide bonds. The molecule has 222 valence electrons. The molecule has 0 aromatic heterocycles. The molecule has 1 unspecified atom stereocenters. The number of hydrogen-bond acceptors (Lipinski definition) is 3. The van der Waals surface area contributed by atoms with Crippen molar-refractivity contribution in [2.24, 2.45) is 0 Å². The van der Waals surface area contributed by atoms with E-state index < -0.39 is 5.91 Å². The van der Waals surface area contributed by atoms with E-state index in [4.69, 9.17) is 9.47 Å². The third-order valence-electron chi connectivity index (χ3n) is 8.53. The number of hydrogen-bond donors (Lipinski definition) is 0. The maximum atomic E-state index is 12.8. The maximum absolute atomic E-state index is 12.8. The van der Waals surface area contributed by atoms with E-state index in [1.165, 1.54) is 116 Å². The summed E-state index contributed by atoms with van der Waals surface area (Å²) in [5.74, 6) is -1.01. The fourth-order valence-corrected chi connectivity index (χ4v) is 5.14. The number of quaternary nitrogens is 1. The van der Waals surface area contributed by atoms with Gasteiger partial charge in [0, 0.05) is 6.42 Å². The summed E-state index contributed by atoms with van der Waals surface area (Å²) in [5.41, 5.74) is 0. The average Bonchev–Trinajstić information content (AvgIpc) is 2.89. The van der Waals surface area contributed by atoms with Gasteiger partial charge in [0.25, 0.3) is 0 Å². The monoisotopic (exact) mass is 527 g/mol. The topological polar surface area (TPSA) is 35.5 Å². The van der Waals surface area contributed by atoms with Crippen LogP contribution in [-0.2, 0) is 14.3 Å². The second kappa shape index (κ2) is 24.4. The zero-order valence-electron chi connectivity index (χ0n) is 26.3. The Labute approximate surface area is 233 Å². The predicted octanol–water partition coefficient (Wildman–Crippen LogP) is 10.3. The van der Waals surface area contributed by atoms with Gasteiger partial charge in [-0.2, -0.15) is 0 Å². The minimum absolute atomic E-state index is 0.105. The molecule has 0 saturated carbocycles. The Balaban J connectivity index is 4.18. The number of unbranched alkanes of at least 4 members (excludes halogenated alkanes) is 19. The first-order chi connectivity index (χ1) is 17.9. The smallest absolute Gasteiger partial charge is 0.360 e. The average molecular weight is 527 g/mol. The Bertz CT molecular complexity index is 506. The van der Waals surface area contributed by atoms with Crippen molar-refractivity contribution >= 4 is 5.97 Å². The highest BCUT2D eigenvalue weighted by Crippen LogP contribution is 2.27. The molecule has 0 aliphatic rings. The van der Waals surface area contributed by atoms with Gasteiger partial charge in [0.2, 0.25) is 0 Å². The highest BCUT2D eigenvalue weighted by molar-refractivity contribution is 5.69. The van der Waals surface area contributed by atoms with E-state index in [2.05, 4.69) is 34.7 Å². The number of rotatable bonds is 28. The van der Waals surface area contributed by atoms with Crippen LogP contribution in [0.1, 0.15) is 176 Å². The normalized spacial score (nSPS) is 13.6. The molecule has 4 heteroatoms. The predicted molar refractivity (Wildman–Crippen MR) is 161 cm³/mol. The Morgan fingerprint density at radius 3 is 1.30 bits per heavy atom. The van der Waals surface area contributed by atoms with Gasteiger partial charge in [0.1, 0.15) is 0 Å². The van der Waals surface area contributed by atoms with E-state index in [-0.39, 0.29) is 5.97 Å². The molecule has 0 N–H and O–H groups in total. The lowest BCUT2D eigenvalue weighted by atomic mass is 10.1. The Morgan fingerprint density at radius 1 is 0.568 bits per heavy atom. The molecule has 0 radical (unpaired) electrons. The van der Waals surface area contributed by atoms with Crippen molar-refractivity contribution in [2.75, 3.05) is 26.7 Å². The first-order valence-corrected chi connectivity index (χ1v) is 16.6. The van der Waals surface area contributed by atoms with Crippen LogP contribution in [0, 0.1) is 0 Å². The molecule has 0 saturated heterocycles. The Hall–Kier alpha value is -0.610. The summed E-state index contributed by atoms with van der Waals surface area (Å²) in [6, 6.07) is 0. The fourth-order valence-electron chi connectivity index (χ4n) is 5.14. The van der Waals surface area contributed by atoms with Crippen LogP contribution < -0.4 is 0 Å². The molecule has 0 rings (SSSR count). The van der Waals surface area contributed by atoms with Crippen LogP contribution in [-0.4, -0.2) is 43.1 Å². The van der Waals surface area contributed by atoms with Crippen LogP contribution in [0.3, 0.4) is 0 Å². The lowest BCUT2D eigenvalue weighted by Gasteiger charge is -2.45. The van der Waals surface area contributed by atoms with E-state index >= 15 is 0 Å². The summed E-state index contributed by atoms with van der Waals surface area (Å²) >= 11 is 0. The number of carbonyl (C=O) groups excluding carboxylic acids is 1. The van der Waals surface area contributed by atoms with E-state index in [1.807, 2.05) is 6.92 Å². The van der Waals surface area contributed by atoms with Gasteiger partial charge in [0.05, 0.1) is 33.7 Å². The van der Waals surface area contributed by atoms with Gasteiger partial charge in [-0.3, -0.25) is 14.0 Å². The molecular weight excluding hydrogens is 458 g/mol. The van der Waals surface area contributed by atoms with Gasteiger partial charge in [0.15, 0.2) is 0 Å². The largest absolute Gasteiger partial charge is 0.384 e. The third-order valence-corrected chi connectivity index (χ3v) is 8.53. The van der Waals surface area contributed by atoms with Crippen LogP contribution in [0.15, 0.2) is 0 Å². The second-order valence-corrected chi connectivity index (χ2v) is 11.7. The van der Waals surface area contributed by atoms with E-state index in [9.17, 15) is 4.79 Å². The zero-order chi connectivity index (χ0) is 27.7. The van der Waals surface area contributed by atoms with Gasteiger partial charge in [-0.05, 0) is 26.7 Å². The van der Waals surface area contributed by atoms with Crippen LogP contribution in [0.5, 0.6) is 0 Å². The maximum Gasteiger partial charge on any atom is 0.360 e. The van der Waals surface area contributed by atoms with Crippen LogP contribution >= 0.6 is 0 Å². The van der Waals surface area contributed by atoms with Crippen molar-refractivity contribution in [3.8, 4) is 0 Å². The first kappa shape index (κ1) is 36.4. The summed E-state index contributed by atoms with van der Waals surface area (Å²) < 4.78 is 13.0. The van der Waals surface area contributed by atoms with Crippen molar-refractivity contribution in [2.45, 2.75) is 182 Å². The third kappa shape index (κ3) is 18.3. The Morgan fingerprint density at radius 2 is 0.919 bits per heavy atom. The van der Waals surface area contributed by atoms with Crippen molar-refractivity contribution in [1.82, 2.24) is 0 Å². The second-order valence-electron chi connectivity index (χ2n) is 11.7. The summed E-state index contributed by atoms with van der Waals surface area (Å²) in [7, 11) is 2.15. The van der Waals surface area contributed by atoms with Crippen molar-refractivity contribution in [3.05, 3.63) is 0 Å². The van der Waals surface area contributed by atoms with E-state index in [1.54, 1.807) is 0 Å². The molecule has 0 bridgehead atoms. The van der Waals surface area contributed by atoms with Crippen molar-refractivity contribution in [3.63, 3.8) is 0 Å².